The molecule has 5 heteroatoms. The van der Waals surface area contributed by atoms with Gasteiger partial charge in [-0.2, -0.15) is 0 Å². The van der Waals surface area contributed by atoms with Crippen molar-refractivity contribution < 1.29 is 14.7 Å². The molecule has 0 radical (unpaired) electrons. The summed E-state index contributed by atoms with van der Waals surface area (Å²) in [5.74, 6) is -1.23. The van der Waals surface area contributed by atoms with Crippen LogP contribution in [0.1, 0.15) is 44.0 Å². The van der Waals surface area contributed by atoms with Crippen LogP contribution in [0.3, 0.4) is 0 Å². The highest BCUT2D eigenvalue weighted by Gasteiger charge is 2.23. The molecular formula is C15H20ClNO3. The lowest BCUT2D eigenvalue weighted by Crippen LogP contribution is -2.39. The highest BCUT2D eigenvalue weighted by Crippen LogP contribution is 2.22. The van der Waals surface area contributed by atoms with Crippen LogP contribution in [0.4, 0.5) is 0 Å². The van der Waals surface area contributed by atoms with Crippen LogP contribution in [0.25, 0.3) is 0 Å². The van der Waals surface area contributed by atoms with Gasteiger partial charge in [0.15, 0.2) is 0 Å². The monoisotopic (exact) mass is 297 g/mol. The zero-order valence-electron chi connectivity index (χ0n) is 11.9. The van der Waals surface area contributed by atoms with E-state index in [0.29, 0.717) is 17.0 Å². The smallest absolute Gasteiger partial charge is 0.305 e. The molecule has 0 aliphatic carbocycles. The summed E-state index contributed by atoms with van der Waals surface area (Å²) in [4.78, 5) is 23.0. The molecule has 0 heterocycles. The maximum atomic E-state index is 12.1. The van der Waals surface area contributed by atoms with Crippen molar-refractivity contribution in [3.05, 3.63) is 34.9 Å². The van der Waals surface area contributed by atoms with Gasteiger partial charge >= 0.3 is 5.97 Å². The van der Waals surface area contributed by atoms with Crippen LogP contribution in [0.15, 0.2) is 24.3 Å². The van der Waals surface area contributed by atoms with E-state index < -0.39 is 12.0 Å². The fourth-order valence-corrected chi connectivity index (χ4v) is 2.21. The van der Waals surface area contributed by atoms with Crippen LogP contribution in [0, 0.1) is 5.41 Å². The van der Waals surface area contributed by atoms with Crippen LogP contribution in [0.5, 0.6) is 0 Å². The Bertz CT molecular complexity index is 494. The number of carboxylic acids is 1. The Morgan fingerprint density at radius 2 is 2.00 bits per heavy atom. The van der Waals surface area contributed by atoms with Gasteiger partial charge in [-0.25, -0.2) is 0 Å². The number of rotatable bonds is 5. The molecule has 0 aliphatic heterocycles. The first-order valence-electron chi connectivity index (χ1n) is 6.45. The molecule has 1 amide bonds. The highest BCUT2D eigenvalue weighted by atomic mass is 35.5. The molecule has 1 aromatic rings. The summed E-state index contributed by atoms with van der Waals surface area (Å²) in [6.07, 6.45) is 0.495. The molecule has 0 saturated carbocycles. The molecule has 1 rings (SSSR count). The summed E-state index contributed by atoms with van der Waals surface area (Å²) in [5.41, 5.74) is 0.364. The maximum Gasteiger partial charge on any atom is 0.305 e. The summed E-state index contributed by atoms with van der Waals surface area (Å²) in [7, 11) is 0. The standard InChI is InChI=1S/C15H20ClNO3/c1-15(2,3)9-12(8-13(18)19)17-14(20)10-5-4-6-11(16)7-10/h4-7,12H,8-9H2,1-3H3,(H,17,20)(H,18,19). The fraction of sp³-hybridized carbons (Fsp3) is 0.467. The third-order valence-electron chi connectivity index (χ3n) is 2.70. The van der Waals surface area contributed by atoms with Crippen molar-refractivity contribution in [2.45, 2.75) is 39.7 Å². The average Bonchev–Trinajstić information content (AvgIpc) is 2.25. The van der Waals surface area contributed by atoms with Gasteiger partial charge in [0.25, 0.3) is 5.91 Å². The quantitative estimate of drug-likeness (QED) is 0.876. The zero-order chi connectivity index (χ0) is 15.3. The Morgan fingerprint density at radius 1 is 1.35 bits per heavy atom. The third kappa shape index (κ3) is 6.06. The van der Waals surface area contributed by atoms with Gasteiger partial charge in [-0.05, 0) is 30.0 Å². The lowest BCUT2D eigenvalue weighted by atomic mass is 9.87. The molecule has 0 fully saturated rings. The Balaban J connectivity index is 2.78. The predicted molar refractivity (Wildman–Crippen MR) is 79.0 cm³/mol. The van der Waals surface area contributed by atoms with Crippen molar-refractivity contribution in [1.29, 1.82) is 0 Å². The molecule has 0 bridgehead atoms. The zero-order valence-corrected chi connectivity index (χ0v) is 12.7. The number of halogens is 1. The molecule has 0 spiro atoms. The minimum atomic E-state index is -0.925. The fourth-order valence-electron chi connectivity index (χ4n) is 2.02. The van der Waals surface area contributed by atoms with Gasteiger partial charge in [0, 0.05) is 16.6 Å². The first-order chi connectivity index (χ1) is 9.17. The largest absolute Gasteiger partial charge is 0.481 e. The topological polar surface area (TPSA) is 66.4 Å². The minimum absolute atomic E-state index is 0.0677. The number of aliphatic carboxylic acids is 1. The van der Waals surface area contributed by atoms with Gasteiger partial charge < -0.3 is 10.4 Å². The molecule has 0 aliphatic rings. The van der Waals surface area contributed by atoms with E-state index in [9.17, 15) is 9.59 Å². The minimum Gasteiger partial charge on any atom is -0.481 e. The van der Waals surface area contributed by atoms with Crippen molar-refractivity contribution in [2.75, 3.05) is 0 Å². The number of nitrogens with one attached hydrogen (secondary N) is 1. The second-order valence-corrected chi connectivity index (χ2v) is 6.48. The SMILES string of the molecule is CC(C)(C)CC(CC(=O)O)NC(=O)c1cccc(Cl)c1. The molecule has 2 N–H and O–H groups in total. The number of carbonyl (C=O) groups excluding carboxylic acids is 1. The lowest BCUT2D eigenvalue weighted by molar-refractivity contribution is -0.137. The van der Waals surface area contributed by atoms with Crippen molar-refractivity contribution in [3.63, 3.8) is 0 Å². The van der Waals surface area contributed by atoms with Gasteiger partial charge in [0.1, 0.15) is 0 Å². The van der Waals surface area contributed by atoms with E-state index in [1.54, 1.807) is 24.3 Å². The molecule has 4 nitrogen and oxygen atoms in total. The molecule has 110 valence electrons. The number of amides is 1. The summed E-state index contributed by atoms with van der Waals surface area (Å²) in [6, 6.07) is 6.18. The van der Waals surface area contributed by atoms with Gasteiger partial charge in [0.2, 0.25) is 0 Å². The number of carbonyl (C=O) groups is 2. The highest BCUT2D eigenvalue weighted by molar-refractivity contribution is 6.30. The second kappa shape index (κ2) is 6.75. The lowest BCUT2D eigenvalue weighted by Gasteiger charge is -2.25. The van der Waals surface area contributed by atoms with E-state index in [-0.39, 0.29) is 17.7 Å². The third-order valence-corrected chi connectivity index (χ3v) is 2.94. The Hall–Kier alpha value is -1.55. The van der Waals surface area contributed by atoms with Crippen molar-refractivity contribution >= 4 is 23.5 Å². The average molecular weight is 298 g/mol. The number of hydrogen-bond acceptors (Lipinski definition) is 2. The molecule has 0 aromatic heterocycles. The van der Waals surface area contributed by atoms with Gasteiger partial charge in [0.05, 0.1) is 6.42 Å². The van der Waals surface area contributed by atoms with E-state index in [0.717, 1.165) is 0 Å². The van der Waals surface area contributed by atoms with Crippen LogP contribution >= 0.6 is 11.6 Å². The summed E-state index contributed by atoms with van der Waals surface area (Å²) < 4.78 is 0. The van der Waals surface area contributed by atoms with Crippen molar-refractivity contribution in [2.24, 2.45) is 5.41 Å². The number of hydrogen-bond donors (Lipinski definition) is 2. The van der Waals surface area contributed by atoms with Crippen molar-refractivity contribution in [3.8, 4) is 0 Å². The normalized spacial score (nSPS) is 12.8. The van der Waals surface area contributed by atoms with Crippen LogP contribution in [-0.2, 0) is 4.79 Å². The maximum absolute atomic E-state index is 12.1. The van der Waals surface area contributed by atoms with Crippen LogP contribution < -0.4 is 5.32 Å². The first kappa shape index (κ1) is 16.5. The molecule has 1 unspecified atom stereocenters. The second-order valence-electron chi connectivity index (χ2n) is 6.04. The molecule has 20 heavy (non-hydrogen) atoms. The van der Waals surface area contributed by atoms with Crippen LogP contribution in [0.2, 0.25) is 5.02 Å². The van der Waals surface area contributed by atoms with E-state index in [2.05, 4.69) is 5.32 Å². The number of benzene rings is 1. The summed E-state index contributed by atoms with van der Waals surface area (Å²) >= 11 is 5.84. The molecule has 0 saturated heterocycles. The van der Waals surface area contributed by atoms with Crippen molar-refractivity contribution in [1.82, 2.24) is 5.32 Å². The van der Waals surface area contributed by atoms with Crippen LogP contribution in [-0.4, -0.2) is 23.0 Å². The van der Waals surface area contributed by atoms with Gasteiger partial charge in [-0.1, -0.05) is 38.4 Å². The first-order valence-corrected chi connectivity index (χ1v) is 6.83. The summed E-state index contributed by atoms with van der Waals surface area (Å²) in [6.45, 7) is 6.02. The van der Waals surface area contributed by atoms with E-state index in [1.807, 2.05) is 20.8 Å². The molecular weight excluding hydrogens is 278 g/mol. The number of carboxylic acid groups (broad SMARTS) is 1. The van der Waals surface area contributed by atoms with E-state index >= 15 is 0 Å². The van der Waals surface area contributed by atoms with Gasteiger partial charge in [-0.15, -0.1) is 0 Å². The predicted octanol–water partition coefficient (Wildman–Crippen LogP) is 3.35. The Morgan fingerprint density at radius 3 is 2.50 bits per heavy atom. The molecule has 1 aromatic carbocycles. The van der Waals surface area contributed by atoms with E-state index in [4.69, 9.17) is 16.7 Å². The molecule has 1 atom stereocenters. The van der Waals surface area contributed by atoms with Gasteiger partial charge in [-0.3, -0.25) is 9.59 Å². The Kier molecular flexibility index (Phi) is 5.57. The summed E-state index contributed by atoms with van der Waals surface area (Å²) in [5, 5.41) is 12.2. The van der Waals surface area contributed by atoms with E-state index in [1.165, 1.54) is 0 Å². The Labute approximate surface area is 124 Å².